The van der Waals surface area contributed by atoms with Crippen molar-refractivity contribution in [1.29, 1.82) is 0 Å². The molecule has 1 N–H and O–H groups in total. The van der Waals surface area contributed by atoms with E-state index in [0.717, 1.165) is 27.3 Å². The van der Waals surface area contributed by atoms with Crippen LogP contribution in [0.4, 0.5) is 0 Å². The lowest BCUT2D eigenvalue weighted by atomic mass is 10.1. The minimum Gasteiger partial charge on any atom is -0.507 e. The van der Waals surface area contributed by atoms with Crippen LogP contribution in [0.3, 0.4) is 0 Å². The van der Waals surface area contributed by atoms with Crippen LogP contribution >= 0.6 is 11.3 Å². The third kappa shape index (κ3) is 4.36. The van der Waals surface area contributed by atoms with E-state index in [2.05, 4.69) is 29.6 Å². The molecule has 0 bridgehead atoms. The van der Waals surface area contributed by atoms with E-state index in [0.29, 0.717) is 12.1 Å². The number of nitrogens with zero attached hydrogens (tertiary/aromatic N) is 3. The predicted molar refractivity (Wildman–Crippen MR) is 119 cm³/mol. The van der Waals surface area contributed by atoms with E-state index in [1.54, 1.807) is 23.5 Å². The average Bonchev–Trinajstić information content (AvgIpc) is 3.16. The van der Waals surface area contributed by atoms with Crippen molar-refractivity contribution in [3.05, 3.63) is 106 Å². The molecule has 144 valence electrons. The van der Waals surface area contributed by atoms with Gasteiger partial charge in [-0.1, -0.05) is 72.8 Å². The van der Waals surface area contributed by atoms with Crippen molar-refractivity contribution < 1.29 is 5.11 Å². The summed E-state index contributed by atoms with van der Waals surface area (Å²) in [5, 5.41) is 17.1. The maximum atomic E-state index is 10.2. The number of rotatable bonds is 5. The molecule has 0 aliphatic rings. The lowest BCUT2D eigenvalue weighted by Crippen LogP contribution is -2.14. The van der Waals surface area contributed by atoms with E-state index in [9.17, 15) is 5.11 Å². The third-order valence-electron chi connectivity index (χ3n) is 4.54. The Hall–Kier alpha value is -3.44. The number of phenolic OH excluding ortho intramolecular Hbond substituents is 1. The monoisotopic (exact) mass is 399 g/mol. The lowest BCUT2D eigenvalue weighted by Gasteiger charge is -2.07. The quantitative estimate of drug-likeness (QED) is 0.455. The van der Waals surface area contributed by atoms with E-state index < -0.39 is 0 Å². The standard InChI is InChI=1S/C24H21N3OS/c1-18(21-14-8-9-15-23(21)28)26-27-22(20-12-6-3-7-13-20)17-29-24(27)25-16-19-10-4-2-5-11-19/h2-15,17,28H,16H2,1H3. The van der Waals surface area contributed by atoms with Gasteiger partial charge in [0, 0.05) is 16.5 Å². The number of para-hydroxylation sites is 1. The van der Waals surface area contributed by atoms with Gasteiger partial charge in [-0.25, -0.2) is 4.68 Å². The van der Waals surface area contributed by atoms with Gasteiger partial charge in [-0.05, 0) is 24.6 Å². The Morgan fingerprint density at radius 1 is 0.897 bits per heavy atom. The van der Waals surface area contributed by atoms with Crippen LogP contribution in [0.5, 0.6) is 5.75 Å². The van der Waals surface area contributed by atoms with Crippen molar-refractivity contribution in [1.82, 2.24) is 4.68 Å². The second kappa shape index (κ2) is 8.71. The van der Waals surface area contributed by atoms with Crippen LogP contribution in [0, 0.1) is 0 Å². The first-order chi connectivity index (χ1) is 14.2. The highest BCUT2D eigenvalue weighted by atomic mass is 32.1. The molecular formula is C24H21N3OS. The van der Waals surface area contributed by atoms with Crippen molar-refractivity contribution in [3.8, 4) is 17.0 Å². The predicted octanol–water partition coefficient (Wildman–Crippen LogP) is 5.30. The molecule has 0 fully saturated rings. The zero-order valence-electron chi connectivity index (χ0n) is 16.1. The van der Waals surface area contributed by atoms with E-state index >= 15 is 0 Å². The summed E-state index contributed by atoms with van der Waals surface area (Å²) in [5.74, 6) is 0.216. The number of aromatic nitrogens is 1. The van der Waals surface area contributed by atoms with Gasteiger partial charge in [-0.3, -0.25) is 4.99 Å². The molecule has 29 heavy (non-hydrogen) atoms. The Morgan fingerprint density at radius 3 is 2.28 bits per heavy atom. The van der Waals surface area contributed by atoms with Gasteiger partial charge in [0.25, 0.3) is 0 Å². The van der Waals surface area contributed by atoms with E-state index in [4.69, 9.17) is 10.1 Å². The lowest BCUT2D eigenvalue weighted by molar-refractivity contribution is 0.474. The molecule has 0 aliphatic carbocycles. The number of benzene rings is 3. The van der Waals surface area contributed by atoms with Gasteiger partial charge < -0.3 is 5.11 Å². The Balaban J connectivity index is 1.82. The van der Waals surface area contributed by atoms with Gasteiger partial charge in [0.1, 0.15) is 5.75 Å². The van der Waals surface area contributed by atoms with Crippen molar-refractivity contribution in [2.45, 2.75) is 13.5 Å². The molecule has 0 saturated heterocycles. The zero-order valence-corrected chi connectivity index (χ0v) is 16.9. The fourth-order valence-corrected chi connectivity index (χ4v) is 3.87. The van der Waals surface area contributed by atoms with Crippen LogP contribution in [0.1, 0.15) is 18.1 Å². The molecule has 0 aliphatic heterocycles. The topological polar surface area (TPSA) is 49.9 Å². The van der Waals surface area contributed by atoms with Crippen LogP contribution < -0.4 is 4.80 Å². The largest absolute Gasteiger partial charge is 0.507 e. The van der Waals surface area contributed by atoms with Gasteiger partial charge in [0.05, 0.1) is 18.0 Å². The summed E-state index contributed by atoms with van der Waals surface area (Å²) in [6, 6.07) is 27.5. The molecule has 4 aromatic rings. The first-order valence-electron chi connectivity index (χ1n) is 9.37. The normalized spacial score (nSPS) is 12.3. The first kappa shape index (κ1) is 18.9. The first-order valence-corrected chi connectivity index (χ1v) is 10.2. The number of thiazole rings is 1. The van der Waals surface area contributed by atoms with E-state index in [1.165, 1.54) is 0 Å². The summed E-state index contributed by atoms with van der Waals surface area (Å²) in [6.07, 6.45) is 0. The van der Waals surface area contributed by atoms with E-state index in [-0.39, 0.29) is 5.75 Å². The maximum absolute atomic E-state index is 10.2. The van der Waals surface area contributed by atoms with E-state index in [1.807, 2.05) is 60.1 Å². The average molecular weight is 400 g/mol. The molecule has 4 rings (SSSR count). The molecule has 3 aromatic carbocycles. The third-order valence-corrected chi connectivity index (χ3v) is 5.39. The SMILES string of the molecule is CC(=Nn1c(-c2ccccc2)csc1=NCc1ccccc1)c1ccccc1O. The molecule has 0 saturated carbocycles. The summed E-state index contributed by atoms with van der Waals surface area (Å²) < 4.78 is 1.87. The maximum Gasteiger partial charge on any atom is 0.206 e. The highest BCUT2D eigenvalue weighted by Gasteiger charge is 2.10. The second-order valence-corrected chi connectivity index (χ2v) is 7.42. The summed E-state index contributed by atoms with van der Waals surface area (Å²) in [4.78, 5) is 5.61. The second-order valence-electron chi connectivity index (χ2n) is 6.59. The summed E-state index contributed by atoms with van der Waals surface area (Å²) in [6.45, 7) is 2.48. The Labute approximate surface area is 173 Å². The zero-order chi connectivity index (χ0) is 20.1. The summed E-state index contributed by atoms with van der Waals surface area (Å²) in [7, 11) is 0. The molecule has 5 heteroatoms. The van der Waals surface area contributed by atoms with Crippen LogP contribution in [-0.2, 0) is 6.54 Å². The number of hydrogen-bond acceptors (Lipinski definition) is 4. The molecule has 0 unspecified atom stereocenters. The van der Waals surface area contributed by atoms with Gasteiger partial charge in [0.15, 0.2) is 0 Å². The summed E-state index contributed by atoms with van der Waals surface area (Å²) in [5.41, 5.74) is 4.62. The van der Waals surface area contributed by atoms with Crippen molar-refractivity contribution >= 4 is 17.0 Å². The Morgan fingerprint density at radius 2 is 1.55 bits per heavy atom. The van der Waals surface area contributed by atoms with Crippen LogP contribution in [-0.4, -0.2) is 15.5 Å². The fraction of sp³-hybridized carbons (Fsp3) is 0.0833. The van der Waals surface area contributed by atoms with Gasteiger partial charge in [-0.2, -0.15) is 5.10 Å². The number of phenols is 1. The molecule has 4 nitrogen and oxygen atoms in total. The van der Waals surface area contributed by atoms with Crippen LogP contribution in [0.25, 0.3) is 11.3 Å². The highest BCUT2D eigenvalue weighted by molar-refractivity contribution is 7.07. The molecule has 1 aromatic heterocycles. The molecular weight excluding hydrogens is 378 g/mol. The molecule has 0 radical (unpaired) electrons. The summed E-state index contributed by atoms with van der Waals surface area (Å²) >= 11 is 1.56. The van der Waals surface area contributed by atoms with Crippen LogP contribution in [0.2, 0.25) is 0 Å². The van der Waals surface area contributed by atoms with Crippen molar-refractivity contribution in [3.63, 3.8) is 0 Å². The molecule has 1 heterocycles. The molecule has 0 spiro atoms. The fourth-order valence-electron chi connectivity index (χ4n) is 3.04. The van der Waals surface area contributed by atoms with Gasteiger partial charge in [-0.15, -0.1) is 11.3 Å². The molecule has 0 atom stereocenters. The van der Waals surface area contributed by atoms with Crippen molar-refractivity contribution in [2.24, 2.45) is 10.1 Å². The van der Waals surface area contributed by atoms with Gasteiger partial charge >= 0.3 is 0 Å². The van der Waals surface area contributed by atoms with Crippen molar-refractivity contribution in [2.75, 3.05) is 0 Å². The minimum atomic E-state index is 0.216. The van der Waals surface area contributed by atoms with Crippen LogP contribution in [0.15, 0.2) is 100 Å². The smallest absolute Gasteiger partial charge is 0.206 e. The number of aromatic hydroxyl groups is 1. The highest BCUT2D eigenvalue weighted by Crippen LogP contribution is 2.21. The Kier molecular flexibility index (Phi) is 5.68. The minimum absolute atomic E-state index is 0.216. The number of hydrogen-bond donors (Lipinski definition) is 1. The van der Waals surface area contributed by atoms with Gasteiger partial charge in [0.2, 0.25) is 4.80 Å². The molecule has 0 amide bonds. The Bertz CT molecular complexity index is 1190.